The number of carbonyl (C=O) groups excluding carboxylic acids is 12. The number of carbonyl (C=O) groups is 14. The van der Waals surface area contributed by atoms with Crippen LogP contribution in [0.5, 0.6) is 0 Å². The Morgan fingerprint density at radius 2 is 0.797 bits per heavy atom. The van der Waals surface area contributed by atoms with E-state index in [0.717, 1.165) is 24.3 Å². The molecule has 0 bridgehead atoms. The fourth-order valence-corrected chi connectivity index (χ4v) is 6.68. The van der Waals surface area contributed by atoms with Gasteiger partial charge in [-0.15, -0.1) is 0 Å². The zero-order chi connectivity index (χ0) is 55.8. The fourth-order valence-electron chi connectivity index (χ4n) is 6.35. The van der Waals surface area contributed by atoms with Gasteiger partial charge in [-0.2, -0.15) is 0 Å². The van der Waals surface area contributed by atoms with Crippen LogP contribution in [-0.4, -0.2) is 187 Å². The van der Waals surface area contributed by atoms with Crippen LogP contribution in [0, 0.1) is 0 Å². The van der Waals surface area contributed by atoms with Gasteiger partial charge < -0.3 is 62.2 Å². The molecule has 0 saturated carbocycles. The van der Waals surface area contributed by atoms with Crippen molar-refractivity contribution in [2.45, 2.75) is 83.1 Å². The summed E-state index contributed by atoms with van der Waals surface area (Å²) in [4.78, 5) is 178. The number of alkyl carbamates (subject to hydrolysis) is 2. The molecule has 0 radical (unpaired) electrons. The van der Waals surface area contributed by atoms with Crippen LogP contribution in [0.15, 0.2) is 24.3 Å². The summed E-state index contributed by atoms with van der Waals surface area (Å²) in [7, 11) is 0. The van der Waals surface area contributed by atoms with Gasteiger partial charge >= 0.3 is 24.1 Å². The van der Waals surface area contributed by atoms with Crippen LogP contribution in [0.2, 0.25) is 0 Å². The number of alkyl halides is 6. The topological polar surface area (TPSA) is 401 Å². The Bertz CT molecular complexity index is 2020. The highest BCUT2D eigenvalue weighted by Gasteiger charge is 2.50. The van der Waals surface area contributed by atoms with Crippen molar-refractivity contribution < 1.29 is 86.8 Å². The molecule has 4 atom stereocenters. The first-order chi connectivity index (χ1) is 34.6. The molecule has 34 heteroatoms. The number of unbranched alkanes of at least 4 members (excludes halogenated alkanes) is 2. The average molecular weight is 1170 g/mol. The lowest BCUT2D eigenvalue weighted by atomic mass is 10.0. The Morgan fingerprint density at radius 3 is 1.09 bits per heavy atom. The zero-order valence-corrected chi connectivity index (χ0v) is 43.1. The minimum atomic E-state index is -2.31. The van der Waals surface area contributed by atoms with Crippen molar-refractivity contribution in [1.29, 1.82) is 0 Å². The SMILES string of the molecule is O=C(O)CNC(=O)[C@H](CCCCNC(=O)OCC(Cl)(Cl)Cl)NC(=O)CCNC(=O)[C@H]([C@@H](C(=O)NCCC(=O)N[C@@H](CCCCNC(=O)OCC(Cl)(Cl)Cl)C(=O)NCC(=O)O)N1C(=O)C=CC1=O)N1C(=O)C=CC1=O. The number of imide groups is 2. The Morgan fingerprint density at radius 1 is 0.473 bits per heavy atom. The lowest BCUT2D eigenvalue weighted by Crippen LogP contribution is -2.66. The third-order valence-corrected chi connectivity index (χ3v) is 10.3. The number of carboxylic acids is 2. The fraction of sp³-hybridized carbons (Fsp3) is 0.550. The van der Waals surface area contributed by atoms with Crippen molar-refractivity contribution in [2.75, 3.05) is 52.5 Å². The highest BCUT2D eigenvalue weighted by molar-refractivity contribution is 6.68. The third kappa shape index (κ3) is 24.7. The van der Waals surface area contributed by atoms with E-state index >= 15 is 0 Å². The molecule has 74 heavy (non-hydrogen) atoms. The quantitative estimate of drug-likeness (QED) is 0.0214. The van der Waals surface area contributed by atoms with E-state index in [1.807, 2.05) is 0 Å². The second-order valence-corrected chi connectivity index (χ2v) is 20.5. The molecular weight excluding hydrogens is 1120 g/mol. The second kappa shape index (κ2) is 31.5. The van der Waals surface area contributed by atoms with Crippen LogP contribution >= 0.6 is 69.6 Å². The number of nitrogens with zero attached hydrogens (tertiary/aromatic N) is 2. The van der Waals surface area contributed by atoms with Crippen molar-refractivity contribution >= 4 is 153 Å². The molecule has 0 aliphatic carbocycles. The van der Waals surface area contributed by atoms with Crippen molar-refractivity contribution in [1.82, 2.24) is 52.3 Å². The molecule has 0 aromatic heterocycles. The Labute approximate surface area is 449 Å². The first-order valence-electron chi connectivity index (χ1n) is 21.8. The Kier molecular flexibility index (Phi) is 27.2. The number of amides is 12. The van der Waals surface area contributed by atoms with Gasteiger partial charge in [-0.1, -0.05) is 69.6 Å². The van der Waals surface area contributed by atoms with Crippen molar-refractivity contribution in [3.05, 3.63) is 24.3 Å². The third-order valence-electron chi connectivity index (χ3n) is 9.62. The van der Waals surface area contributed by atoms with E-state index in [9.17, 15) is 67.1 Å². The molecule has 0 fully saturated rings. The summed E-state index contributed by atoms with van der Waals surface area (Å²) < 4.78 is 5.74. The van der Waals surface area contributed by atoms with Crippen LogP contribution in [0.3, 0.4) is 0 Å². The normalized spacial score (nSPS) is 14.8. The van der Waals surface area contributed by atoms with E-state index < -0.39 is 167 Å². The Hall–Kier alpha value is -6.20. The summed E-state index contributed by atoms with van der Waals surface area (Å²) in [5.41, 5.74) is 0. The molecule has 0 unspecified atom stereocenters. The van der Waals surface area contributed by atoms with Crippen molar-refractivity contribution in [3.8, 4) is 0 Å². The lowest BCUT2D eigenvalue weighted by molar-refractivity contribution is -0.156. The van der Waals surface area contributed by atoms with E-state index in [4.69, 9.17) is 89.3 Å². The van der Waals surface area contributed by atoms with E-state index in [-0.39, 0.29) is 61.4 Å². The Balaban J connectivity index is 2.19. The van der Waals surface area contributed by atoms with Crippen LogP contribution in [0.4, 0.5) is 9.59 Å². The maximum absolute atomic E-state index is 14.0. The summed E-state index contributed by atoms with van der Waals surface area (Å²) >= 11 is 33.2. The monoisotopic (exact) mass is 1170 g/mol. The molecule has 28 nitrogen and oxygen atoms in total. The molecule has 2 heterocycles. The summed E-state index contributed by atoms with van der Waals surface area (Å²) in [5, 5.41) is 36.3. The highest BCUT2D eigenvalue weighted by Crippen LogP contribution is 2.27. The second-order valence-electron chi connectivity index (χ2n) is 15.4. The summed E-state index contributed by atoms with van der Waals surface area (Å²) in [5.74, 6) is -13.8. The molecule has 12 amide bonds. The van der Waals surface area contributed by atoms with Crippen LogP contribution < -0.4 is 42.5 Å². The molecular formula is C40H50Cl6N10O18. The molecule has 2 aliphatic heterocycles. The maximum Gasteiger partial charge on any atom is 0.407 e. The highest BCUT2D eigenvalue weighted by atomic mass is 35.6. The molecule has 410 valence electrons. The van der Waals surface area contributed by atoms with Crippen molar-refractivity contribution in [3.63, 3.8) is 0 Å². The standard InChI is InChI=1S/C40H50Cl6N10O18/c41-39(42,43)19-73-37(71)49-13-3-1-5-21(33(67)51-17-29(63)64)53-23(57)11-15-47-35(69)31(55-25(59)7-8-26(55)60)32(56-27(61)9-10-28(56)62)36(70)48-16-12-24(58)54-22(34(68)52-18-30(65)66)6-2-4-14-50-38(72)74-20-40(44,45)46/h7-10,21-22,31-32H,1-6,11-20H2,(H,47,69)(H,48,70)(H,49,71)(H,50,72)(H,51,67)(H,52,68)(H,53,57)(H,54,58)(H,63,64)(H,65,66)/t21-,22-,31-,32-/m0/s1. The van der Waals surface area contributed by atoms with Gasteiger partial charge in [0.2, 0.25) is 43.0 Å². The number of halogens is 6. The van der Waals surface area contributed by atoms with Gasteiger partial charge in [-0.05, 0) is 38.5 Å². The van der Waals surface area contributed by atoms with Gasteiger partial charge in [0, 0.05) is 63.3 Å². The first-order valence-corrected chi connectivity index (χ1v) is 24.0. The van der Waals surface area contributed by atoms with Gasteiger partial charge in [-0.25, -0.2) is 9.59 Å². The summed E-state index contributed by atoms with van der Waals surface area (Å²) in [6, 6.07) is -7.33. The molecule has 0 saturated heterocycles. The molecule has 0 aromatic rings. The molecule has 10 N–H and O–H groups in total. The molecule has 2 rings (SSSR count). The number of hydrogen-bond acceptors (Lipinski definition) is 16. The number of nitrogens with one attached hydrogen (secondary N) is 8. The molecule has 2 aliphatic rings. The summed E-state index contributed by atoms with van der Waals surface area (Å²) in [6.07, 6.45) is 0.361. The van der Waals surface area contributed by atoms with E-state index in [2.05, 4.69) is 42.5 Å². The predicted molar refractivity (Wildman–Crippen MR) is 257 cm³/mol. The van der Waals surface area contributed by atoms with Gasteiger partial charge in [0.25, 0.3) is 23.6 Å². The minimum Gasteiger partial charge on any atom is -0.480 e. The maximum atomic E-state index is 14.0. The number of ether oxygens (including phenoxy) is 2. The van der Waals surface area contributed by atoms with Gasteiger partial charge in [-0.3, -0.25) is 67.3 Å². The first kappa shape index (κ1) is 63.9. The molecule has 0 spiro atoms. The minimum absolute atomic E-state index is 0.00521. The number of rotatable bonds is 31. The van der Waals surface area contributed by atoms with Crippen LogP contribution in [0.1, 0.15) is 51.4 Å². The van der Waals surface area contributed by atoms with E-state index in [0.29, 0.717) is 0 Å². The lowest BCUT2D eigenvalue weighted by Gasteiger charge is -2.35. The van der Waals surface area contributed by atoms with E-state index in [1.165, 1.54) is 0 Å². The summed E-state index contributed by atoms with van der Waals surface area (Å²) in [6.45, 7) is -3.99. The largest absolute Gasteiger partial charge is 0.480 e. The predicted octanol–water partition coefficient (Wildman–Crippen LogP) is -1.51. The van der Waals surface area contributed by atoms with Gasteiger partial charge in [0.05, 0.1) is 0 Å². The van der Waals surface area contributed by atoms with Crippen molar-refractivity contribution in [2.24, 2.45) is 0 Å². The number of carboxylic acid groups (broad SMARTS) is 2. The smallest absolute Gasteiger partial charge is 0.407 e. The van der Waals surface area contributed by atoms with Crippen LogP contribution in [0.25, 0.3) is 0 Å². The average Bonchev–Trinajstić information content (AvgIpc) is 3.82. The zero-order valence-electron chi connectivity index (χ0n) is 38.5. The van der Waals surface area contributed by atoms with Gasteiger partial charge in [0.15, 0.2) is 0 Å². The van der Waals surface area contributed by atoms with Crippen LogP contribution in [-0.2, 0) is 67.0 Å². The van der Waals surface area contributed by atoms with Gasteiger partial charge in [0.1, 0.15) is 50.5 Å². The number of hydrogen-bond donors (Lipinski definition) is 10. The van der Waals surface area contributed by atoms with E-state index in [1.54, 1.807) is 0 Å². The number of aliphatic carboxylic acids is 2. The molecule has 0 aromatic carbocycles.